The first-order valence-electron chi connectivity index (χ1n) is 24.1. The number of hydrogen-bond acceptors (Lipinski definition) is 7. The van der Waals surface area contributed by atoms with E-state index in [1.807, 2.05) is 0 Å². The second-order valence-corrected chi connectivity index (χ2v) is 17.5. The van der Waals surface area contributed by atoms with Crippen molar-refractivity contribution < 1.29 is 37.9 Å². The lowest BCUT2D eigenvalue weighted by Crippen LogP contribution is -2.27. The fourth-order valence-electron chi connectivity index (χ4n) is 6.60. The summed E-state index contributed by atoms with van der Waals surface area (Å²) in [5.74, 6) is -0.523. The van der Waals surface area contributed by atoms with Crippen LogP contribution in [0.2, 0.25) is 0 Å². The van der Waals surface area contributed by atoms with E-state index in [1.165, 1.54) is 128 Å². The van der Waals surface area contributed by atoms with Crippen molar-refractivity contribution in [1.82, 2.24) is 5.32 Å². The van der Waals surface area contributed by atoms with E-state index >= 15 is 0 Å². The molecule has 9 nitrogen and oxygen atoms in total. The fraction of sp³-hybridized carbons (Fsp3) is 0.796. The van der Waals surface area contributed by atoms with Gasteiger partial charge in [0.2, 0.25) is 5.91 Å². The number of aliphatic hydroxyl groups is 1. The third kappa shape index (κ3) is 46.9. The highest BCUT2D eigenvalue weighted by atomic mass is 31.2. The molecule has 0 aliphatic carbocycles. The Balaban J connectivity index is 3.60. The summed E-state index contributed by atoms with van der Waals surface area (Å²) in [6, 6.07) is 0. The lowest BCUT2D eigenvalue weighted by atomic mass is 10.0. The van der Waals surface area contributed by atoms with Crippen LogP contribution < -0.4 is 5.32 Å². The molecule has 0 aliphatic rings. The first-order chi connectivity index (χ1) is 28.8. The molecular weight excluding hydrogens is 762 g/mol. The van der Waals surface area contributed by atoms with Gasteiger partial charge in [0, 0.05) is 19.4 Å². The third-order valence-corrected chi connectivity index (χ3v) is 11.2. The van der Waals surface area contributed by atoms with Gasteiger partial charge in [-0.1, -0.05) is 197 Å². The lowest BCUT2D eigenvalue weighted by molar-refractivity contribution is -0.147. The van der Waals surface area contributed by atoms with E-state index < -0.39 is 26.5 Å². The molecule has 0 aliphatic heterocycles. The Bertz CT molecular complexity index is 1110. The van der Waals surface area contributed by atoms with Gasteiger partial charge in [-0.25, -0.2) is 4.57 Å². The molecule has 0 saturated heterocycles. The van der Waals surface area contributed by atoms with Gasteiger partial charge in [-0.05, 0) is 57.8 Å². The summed E-state index contributed by atoms with van der Waals surface area (Å²) in [7, 11) is -4.42. The second-order valence-electron chi connectivity index (χ2n) is 16.1. The number of unbranched alkanes of at least 4 members (excludes halogenated alkanes) is 24. The predicted molar refractivity (Wildman–Crippen MR) is 247 cm³/mol. The molecule has 2 atom stereocenters. The number of esters is 1. The molecule has 10 heteroatoms. The van der Waals surface area contributed by atoms with Crippen LogP contribution in [0.3, 0.4) is 0 Å². The number of allylic oxidation sites excluding steroid dienone is 8. The largest absolute Gasteiger partial charge is 0.472 e. The number of amides is 1. The maximum absolute atomic E-state index is 12.1. The summed E-state index contributed by atoms with van der Waals surface area (Å²) in [6.07, 6.45) is 53.2. The van der Waals surface area contributed by atoms with E-state index in [2.05, 4.69) is 67.8 Å². The van der Waals surface area contributed by atoms with Crippen LogP contribution >= 0.6 is 7.82 Å². The zero-order valence-corrected chi connectivity index (χ0v) is 38.8. The van der Waals surface area contributed by atoms with Gasteiger partial charge in [0.05, 0.1) is 13.2 Å². The summed E-state index contributed by atoms with van der Waals surface area (Å²) >= 11 is 0. The minimum absolute atomic E-state index is 0.0751. The van der Waals surface area contributed by atoms with Crippen LogP contribution in [0.1, 0.15) is 219 Å². The van der Waals surface area contributed by atoms with Crippen LogP contribution in [-0.4, -0.2) is 54.3 Å². The average molecular weight is 852 g/mol. The SMILES string of the molecule is CCCCC/C=C\C/C=C\C/C=C\C/C=C\CCCCCCCCCC(=O)NCCOP(=O)(O)OCC(O)COC(=O)CCCCCCCCCCCCCCCCC. The number of phosphoric ester groups is 1. The van der Waals surface area contributed by atoms with E-state index in [-0.39, 0.29) is 32.1 Å². The smallest absolute Gasteiger partial charge is 0.463 e. The van der Waals surface area contributed by atoms with Crippen molar-refractivity contribution in [1.29, 1.82) is 0 Å². The van der Waals surface area contributed by atoms with Crippen molar-refractivity contribution >= 4 is 19.7 Å². The summed E-state index contributed by atoms with van der Waals surface area (Å²) in [6.45, 7) is 3.53. The highest BCUT2D eigenvalue weighted by molar-refractivity contribution is 7.47. The van der Waals surface area contributed by atoms with E-state index in [9.17, 15) is 24.2 Å². The molecular formula is C49H90NO8P. The molecule has 0 rings (SSSR count). The van der Waals surface area contributed by atoms with E-state index in [1.54, 1.807) is 0 Å². The number of phosphoric acid groups is 1. The topological polar surface area (TPSA) is 131 Å². The Kier molecular flexibility index (Phi) is 43.9. The van der Waals surface area contributed by atoms with Gasteiger partial charge in [0.1, 0.15) is 12.7 Å². The highest BCUT2D eigenvalue weighted by Crippen LogP contribution is 2.42. The Labute approximate surface area is 362 Å². The van der Waals surface area contributed by atoms with Gasteiger partial charge in [0.25, 0.3) is 0 Å². The van der Waals surface area contributed by atoms with Crippen molar-refractivity contribution in [2.45, 2.75) is 225 Å². The van der Waals surface area contributed by atoms with Crippen molar-refractivity contribution in [3.05, 3.63) is 48.6 Å². The summed E-state index contributed by atoms with van der Waals surface area (Å²) < 4.78 is 26.9. The van der Waals surface area contributed by atoms with Crippen LogP contribution in [0.25, 0.3) is 0 Å². The third-order valence-electron chi connectivity index (χ3n) is 10.3. The molecule has 0 heterocycles. The first kappa shape index (κ1) is 57.0. The van der Waals surface area contributed by atoms with Crippen molar-refractivity contribution in [3.8, 4) is 0 Å². The number of carbonyl (C=O) groups is 2. The molecule has 0 bridgehead atoms. The van der Waals surface area contributed by atoms with Crippen LogP contribution in [0, 0.1) is 0 Å². The van der Waals surface area contributed by atoms with Crippen molar-refractivity contribution in [2.75, 3.05) is 26.4 Å². The zero-order chi connectivity index (χ0) is 43.2. The van der Waals surface area contributed by atoms with E-state index in [4.69, 9.17) is 13.8 Å². The first-order valence-corrected chi connectivity index (χ1v) is 25.6. The van der Waals surface area contributed by atoms with E-state index in [0.717, 1.165) is 64.2 Å². The molecule has 344 valence electrons. The van der Waals surface area contributed by atoms with Crippen LogP contribution in [0.15, 0.2) is 48.6 Å². The quantitative estimate of drug-likeness (QED) is 0.0239. The zero-order valence-electron chi connectivity index (χ0n) is 37.9. The van der Waals surface area contributed by atoms with E-state index in [0.29, 0.717) is 6.42 Å². The number of rotatable bonds is 45. The van der Waals surface area contributed by atoms with Gasteiger partial charge in [-0.3, -0.25) is 18.6 Å². The lowest BCUT2D eigenvalue weighted by Gasteiger charge is -2.15. The van der Waals surface area contributed by atoms with Gasteiger partial charge >= 0.3 is 13.8 Å². The molecule has 0 saturated carbocycles. The van der Waals surface area contributed by atoms with Crippen LogP contribution in [0.4, 0.5) is 0 Å². The predicted octanol–water partition coefficient (Wildman–Crippen LogP) is 13.9. The maximum atomic E-state index is 12.1. The molecule has 0 aromatic rings. The minimum atomic E-state index is -4.42. The maximum Gasteiger partial charge on any atom is 0.472 e. The van der Waals surface area contributed by atoms with Crippen LogP contribution in [0.5, 0.6) is 0 Å². The summed E-state index contributed by atoms with van der Waals surface area (Å²) in [4.78, 5) is 34.0. The number of ether oxygens (including phenoxy) is 1. The van der Waals surface area contributed by atoms with Gasteiger partial charge in [0.15, 0.2) is 0 Å². The Morgan fingerprint density at radius 1 is 0.525 bits per heavy atom. The minimum Gasteiger partial charge on any atom is -0.463 e. The molecule has 0 fully saturated rings. The summed E-state index contributed by atoms with van der Waals surface area (Å²) in [5.41, 5.74) is 0. The highest BCUT2D eigenvalue weighted by Gasteiger charge is 2.23. The number of nitrogens with one attached hydrogen (secondary N) is 1. The second kappa shape index (κ2) is 45.5. The van der Waals surface area contributed by atoms with Crippen LogP contribution in [-0.2, 0) is 27.9 Å². The molecule has 59 heavy (non-hydrogen) atoms. The van der Waals surface area contributed by atoms with Crippen molar-refractivity contribution in [3.63, 3.8) is 0 Å². The van der Waals surface area contributed by atoms with Crippen molar-refractivity contribution in [2.24, 2.45) is 0 Å². The number of hydrogen-bond donors (Lipinski definition) is 3. The Hall–Kier alpha value is -2.03. The number of carbonyl (C=O) groups excluding carboxylic acids is 2. The molecule has 0 aromatic heterocycles. The standard InChI is InChI=1S/C49H90NO8P/c1-3-5-7-9-11-13-15-17-19-20-21-22-23-24-25-26-28-29-31-33-35-37-39-41-48(52)50-43-44-57-59(54,55)58-46-47(51)45-56-49(53)42-40-38-36-34-32-30-27-18-16-14-12-10-8-6-4-2/h11,13,17,19,21-22,24-25,47,51H,3-10,12,14-16,18,20,23,26-46H2,1-2H3,(H,50,52)(H,54,55)/b13-11-,19-17-,22-21-,25-24-. The summed E-state index contributed by atoms with van der Waals surface area (Å²) in [5, 5.41) is 12.7. The van der Waals surface area contributed by atoms with Gasteiger partial charge in [-0.15, -0.1) is 0 Å². The normalized spacial score (nSPS) is 13.6. The molecule has 0 radical (unpaired) electrons. The molecule has 2 unspecified atom stereocenters. The number of aliphatic hydroxyl groups excluding tert-OH is 1. The Morgan fingerprint density at radius 3 is 1.41 bits per heavy atom. The van der Waals surface area contributed by atoms with Gasteiger partial charge in [-0.2, -0.15) is 0 Å². The molecule has 1 amide bonds. The fourth-order valence-corrected chi connectivity index (χ4v) is 7.36. The Morgan fingerprint density at radius 2 is 0.915 bits per heavy atom. The molecule has 0 aromatic carbocycles. The monoisotopic (exact) mass is 852 g/mol. The molecule has 3 N–H and O–H groups in total. The average Bonchev–Trinajstić information content (AvgIpc) is 3.22. The van der Waals surface area contributed by atoms with Gasteiger partial charge < -0.3 is 20.1 Å². The molecule has 0 spiro atoms.